The Bertz CT molecular complexity index is 900. The standard InChI is InChI=1S/C24H31N3O3/c1-17-5-8-20(15-18(17)2)26-23(29)27-13-11-24(3,12-14-27)22(28)25-16-19-6-9-21(30-4)10-7-19/h5-10,15H,11-14,16H2,1-4H3,(H,25,28)(H,26,29). The van der Waals surface area contributed by atoms with Crippen LogP contribution in [0.2, 0.25) is 0 Å². The summed E-state index contributed by atoms with van der Waals surface area (Å²) in [7, 11) is 1.63. The molecule has 0 unspecified atom stereocenters. The van der Waals surface area contributed by atoms with Gasteiger partial charge in [-0.05, 0) is 67.6 Å². The third-order valence-corrected chi connectivity index (χ3v) is 6.07. The van der Waals surface area contributed by atoms with E-state index in [1.54, 1.807) is 12.0 Å². The molecule has 6 heteroatoms. The molecule has 1 aliphatic rings. The molecule has 6 nitrogen and oxygen atoms in total. The Morgan fingerprint density at radius 3 is 2.30 bits per heavy atom. The van der Waals surface area contributed by atoms with Gasteiger partial charge in [0.05, 0.1) is 7.11 Å². The first-order valence-electron chi connectivity index (χ1n) is 10.4. The monoisotopic (exact) mass is 409 g/mol. The van der Waals surface area contributed by atoms with Crippen molar-refractivity contribution < 1.29 is 14.3 Å². The molecule has 0 radical (unpaired) electrons. The van der Waals surface area contributed by atoms with Crippen LogP contribution in [0.3, 0.4) is 0 Å². The third kappa shape index (κ3) is 5.12. The van der Waals surface area contributed by atoms with Gasteiger partial charge in [-0.3, -0.25) is 4.79 Å². The first kappa shape index (κ1) is 21.7. The Balaban J connectivity index is 1.50. The molecule has 160 valence electrons. The molecule has 2 aromatic carbocycles. The second-order valence-electron chi connectivity index (χ2n) is 8.31. The second-order valence-corrected chi connectivity index (χ2v) is 8.31. The number of rotatable bonds is 5. The van der Waals surface area contributed by atoms with Crippen molar-refractivity contribution in [3.05, 3.63) is 59.2 Å². The van der Waals surface area contributed by atoms with E-state index in [0.29, 0.717) is 32.5 Å². The van der Waals surface area contributed by atoms with Gasteiger partial charge >= 0.3 is 6.03 Å². The van der Waals surface area contributed by atoms with Crippen molar-refractivity contribution in [2.75, 3.05) is 25.5 Å². The van der Waals surface area contributed by atoms with Gasteiger partial charge in [0.2, 0.25) is 5.91 Å². The number of carbonyl (C=O) groups excluding carboxylic acids is 2. The summed E-state index contributed by atoms with van der Waals surface area (Å²) in [5.74, 6) is 0.830. The van der Waals surface area contributed by atoms with Crippen molar-refractivity contribution >= 4 is 17.6 Å². The molecule has 0 aromatic heterocycles. The Hall–Kier alpha value is -3.02. The maximum atomic E-state index is 12.8. The Morgan fingerprint density at radius 1 is 1.03 bits per heavy atom. The Morgan fingerprint density at radius 2 is 1.70 bits per heavy atom. The lowest BCUT2D eigenvalue weighted by molar-refractivity contribution is -0.132. The number of urea groups is 1. The van der Waals surface area contributed by atoms with Crippen LogP contribution >= 0.6 is 0 Å². The highest BCUT2D eigenvalue weighted by atomic mass is 16.5. The Labute approximate surface area is 178 Å². The number of anilines is 1. The van der Waals surface area contributed by atoms with E-state index in [0.717, 1.165) is 22.6 Å². The topological polar surface area (TPSA) is 70.7 Å². The Kier molecular flexibility index (Phi) is 6.65. The summed E-state index contributed by atoms with van der Waals surface area (Å²) in [6.45, 7) is 7.66. The van der Waals surface area contributed by atoms with Gasteiger partial charge in [0, 0.05) is 30.7 Å². The van der Waals surface area contributed by atoms with E-state index >= 15 is 0 Å². The fourth-order valence-corrected chi connectivity index (χ4v) is 3.59. The molecular formula is C24H31N3O3. The zero-order chi connectivity index (χ0) is 21.7. The summed E-state index contributed by atoms with van der Waals surface area (Å²) >= 11 is 0. The van der Waals surface area contributed by atoms with Gasteiger partial charge in [-0.1, -0.05) is 25.1 Å². The molecule has 0 bridgehead atoms. The summed E-state index contributed by atoms with van der Waals surface area (Å²) in [4.78, 5) is 27.2. The van der Waals surface area contributed by atoms with Crippen molar-refractivity contribution in [1.82, 2.24) is 10.2 Å². The van der Waals surface area contributed by atoms with Gasteiger partial charge in [-0.2, -0.15) is 0 Å². The molecular weight excluding hydrogens is 378 g/mol. The molecule has 3 rings (SSSR count). The normalized spacial score (nSPS) is 15.4. The number of piperidine rings is 1. The molecule has 1 fully saturated rings. The highest BCUT2D eigenvalue weighted by Gasteiger charge is 2.37. The maximum Gasteiger partial charge on any atom is 0.321 e. The smallest absolute Gasteiger partial charge is 0.321 e. The van der Waals surface area contributed by atoms with Crippen LogP contribution in [0.4, 0.5) is 10.5 Å². The van der Waals surface area contributed by atoms with Crippen LogP contribution < -0.4 is 15.4 Å². The number of hydrogen-bond acceptors (Lipinski definition) is 3. The molecule has 0 atom stereocenters. The first-order chi connectivity index (χ1) is 14.3. The molecule has 0 saturated carbocycles. The number of benzene rings is 2. The average molecular weight is 410 g/mol. The number of nitrogens with one attached hydrogen (secondary N) is 2. The summed E-state index contributed by atoms with van der Waals surface area (Å²) in [6.07, 6.45) is 1.28. The fourth-order valence-electron chi connectivity index (χ4n) is 3.59. The summed E-state index contributed by atoms with van der Waals surface area (Å²) < 4.78 is 5.16. The number of carbonyl (C=O) groups is 2. The van der Waals surface area contributed by atoms with Crippen molar-refractivity contribution in [1.29, 1.82) is 0 Å². The van der Waals surface area contributed by atoms with Crippen molar-refractivity contribution in [3.63, 3.8) is 0 Å². The fraction of sp³-hybridized carbons (Fsp3) is 0.417. The predicted molar refractivity (Wildman–Crippen MR) is 119 cm³/mol. The zero-order valence-electron chi connectivity index (χ0n) is 18.2. The van der Waals surface area contributed by atoms with Gasteiger partial charge in [0.25, 0.3) is 0 Å². The number of likely N-dealkylation sites (tertiary alicyclic amines) is 1. The van der Waals surface area contributed by atoms with Gasteiger partial charge in [0.1, 0.15) is 5.75 Å². The second kappa shape index (κ2) is 9.20. The molecule has 1 heterocycles. The predicted octanol–water partition coefficient (Wildman–Crippen LogP) is 4.26. The van der Waals surface area contributed by atoms with E-state index in [-0.39, 0.29) is 11.9 Å². The molecule has 2 N–H and O–H groups in total. The van der Waals surface area contributed by atoms with Crippen LogP contribution in [-0.2, 0) is 11.3 Å². The van der Waals surface area contributed by atoms with Crippen molar-refractivity contribution in [2.45, 2.75) is 40.2 Å². The number of ether oxygens (including phenoxy) is 1. The van der Waals surface area contributed by atoms with Crippen LogP contribution in [0.25, 0.3) is 0 Å². The minimum Gasteiger partial charge on any atom is -0.497 e. The quantitative estimate of drug-likeness (QED) is 0.775. The number of methoxy groups -OCH3 is 1. The molecule has 0 aliphatic carbocycles. The molecule has 0 spiro atoms. The van der Waals surface area contributed by atoms with Crippen LogP contribution in [0.5, 0.6) is 5.75 Å². The largest absolute Gasteiger partial charge is 0.497 e. The lowest BCUT2D eigenvalue weighted by Gasteiger charge is -2.38. The van der Waals surface area contributed by atoms with Crippen LogP contribution in [0, 0.1) is 19.3 Å². The van der Waals surface area contributed by atoms with Gasteiger partial charge < -0.3 is 20.3 Å². The van der Waals surface area contributed by atoms with Gasteiger partial charge in [0.15, 0.2) is 0 Å². The van der Waals surface area contributed by atoms with Crippen molar-refractivity contribution in [2.24, 2.45) is 5.41 Å². The van der Waals surface area contributed by atoms with E-state index in [1.807, 2.05) is 63.2 Å². The third-order valence-electron chi connectivity index (χ3n) is 6.07. The molecule has 2 aromatic rings. The molecule has 30 heavy (non-hydrogen) atoms. The SMILES string of the molecule is COc1ccc(CNC(=O)C2(C)CCN(C(=O)Nc3ccc(C)c(C)c3)CC2)cc1. The molecule has 3 amide bonds. The van der Waals surface area contributed by atoms with E-state index < -0.39 is 5.41 Å². The van der Waals surface area contributed by atoms with Crippen LogP contribution in [-0.4, -0.2) is 37.0 Å². The highest BCUT2D eigenvalue weighted by molar-refractivity contribution is 5.90. The molecule has 1 aliphatic heterocycles. The highest BCUT2D eigenvalue weighted by Crippen LogP contribution is 2.31. The lowest BCUT2D eigenvalue weighted by Crippen LogP contribution is -2.49. The number of aryl methyl sites for hydroxylation is 2. The van der Waals surface area contributed by atoms with Crippen molar-refractivity contribution in [3.8, 4) is 5.75 Å². The van der Waals surface area contributed by atoms with Crippen LogP contribution in [0.1, 0.15) is 36.5 Å². The number of hydrogen-bond donors (Lipinski definition) is 2. The van der Waals surface area contributed by atoms with E-state index in [1.165, 1.54) is 5.56 Å². The average Bonchev–Trinajstić information content (AvgIpc) is 2.75. The van der Waals surface area contributed by atoms with E-state index in [9.17, 15) is 9.59 Å². The molecule has 1 saturated heterocycles. The van der Waals surface area contributed by atoms with Gasteiger partial charge in [-0.15, -0.1) is 0 Å². The summed E-state index contributed by atoms with van der Waals surface area (Å²) in [6, 6.07) is 13.5. The van der Waals surface area contributed by atoms with E-state index in [4.69, 9.17) is 4.74 Å². The number of amides is 3. The minimum atomic E-state index is -0.469. The lowest BCUT2D eigenvalue weighted by atomic mass is 9.79. The summed E-state index contributed by atoms with van der Waals surface area (Å²) in [5.41, 5.74) is 3.70. The first-order valence-corrected chi connectivity index (χ1v) is 10.4. The minimum absolute atomic E-state index is 0.0348. The van der Waals surface area contributed by atoms with E-state index in [2.05, 4.69) is 10.6 Å². The zero-order valence-corrected chi connectivity index (χ0v) is 18.2. The number of nitrogens with zero attached hydrogens (tertiary/aromatic N) is 1. The maximum absolute atomic E-state index is 12.8. The summed E-state index contributed by atoms with van der Waals surface area (Å²) in [5, 5.41) is 6.01. The van der Waals surface area contributed by atoms with Crippen LogP contribution in [0.15, 0.2) is 42.5 Å². The van der Waals surface area contributed by atoms with Gasteiger partial charge in [-0.25, -0.2) is 4.79 Å².